The predicted molar refractivity (Wildman–Crippen MR) is 75.6 cm³/mol. The zero-order valence-electron chi connectivity index (χ0n) is 12.5. The summed E-state index contributed by atoms with van der Waals surface area (Å²) in [5, 5.41) is 13.7. The van der Waals surface area contributed by atoms with Gasteiger partial charge in [0.2, 0.25) is 0 Å². The van der Waals surface area contributed by atoms with Crippen LogP contribution in [-0.4, -0.2) is 37.5 Å². The van der Waals surface area contributed by atoms with E-state index < -0.39 is 0 Å². The predicted octanol–water partition coefficient (Wildman–Crippen LogP) is 2.43. The van der Waals surface area contributed by atoms with E-state index in [1.54, 1.807) is 0 Å². The first-order chi connectivity index (χ1) is 8.65. The summed E-state index contributed by atoms with van der Waals surface area (Å²) in [6, 6.07) is 0.0944. The van der Waals surface area contributed by atoms with Gasteiger partial charge in [0.15, 0.2) is 0 Å². The minimum atomic E-state index is -0.264. The Bertz CT molecular complexity index is 221. The Labute approximate surface area is 112 Å². The van der Waals surface area contributed by atoms with Crippen molar-refractivity contribution < 1.29 is 9.84 Å². The van der Waals surface area contributed by atoms with E-state index in [-0.39, 0.29) is 18.1 Å². The molecular formula is C15H31NO2. The summed E-state index contributed by atoms with van der Waals surface area (Å²) in [5.41, 5.74) is 0. The lowest BCUT2D eigenvalue weighted by atomic mass is 9.73. The number of aliphatic hydroxyl groups is 1. The van der Waals surface area contributed by atoms with Gasteiger partial charge in [0, 0.05) is 5.92 Å². The number of rotatable bonds is 7. The maximum atomic E-state index is 10.5. The van der Waals surface area contributed by atoms with Gasteiger partial charge in [-0.1, -0.05) is 46.5 Å². The molecule has 3 heteroatoms. The minimum Gasteiger partial charge on any atom is -0.391 e. The summed E-state index contributed by atoms with van der Waals surface area (Å²) in [7, 11) is 1.91. The average molecular weight is 257 g/mol. The Morgan fingerprint density at radius 3 is 2.44 bits per heavy atom. The van der Waals surface area contributed by atoms with E-state index in [2.05, 4.69) is 26.1 Å². The highest BCUT2D eigenvalue weighted by molar-refractivity contribution is 4.89. The lowest BCUT2D eigenvalue weighted by molar-refractivity contribution is -0.0885. The average Bonchev–Trinajstić information content (AvgIpc) is 2.37. The van der Waals surface area contributed by atoms with Gasteiger partial charge >= 0.3 is 0 Å². The SMILES string of the molecule is CCCC(C)[C@@H](CCC)C1COC[C@@H](NC)[C@@H]1O. The number of hydrogen-bond donors (Lipinski definition) is 2. The molecule has 108 valence electrons. The van der Waals surface area contributed by atoms with E-state index in [9.17, 15) is 5.11 Å². The Morgan fingerprint density at radius 2 is 1.89 bits per heavy atom. The van der Waals surface area contributed by atoms with Crippen LogP contribution >= 0.6 is 0 Å². The van der Waals surface area contributed by atoms with Crippen molar-refractivity contribution in [3.8, 4) is 0 Å². The van der Waals surface area contributed by atoms with Crippen LogP contribution in [0.5, 0.6) is 0 Å². The highest BCUT2D eigenvalue weighted by atomic mass is 16.5. The van der Waals surface area contributed by atoms with Gasteiger partial charge in [-0.25, -0.2) is 0 Å². The summed E-state index contributed by atoms with van der Waals surface area (Å²) in [6.45, 7) is 8.16. The highest BCUT2D eigenvalue weighted by Crippen LogP contribution is 2.34. The second-order valence-electron chi connectivity index (χ2n) is 5.81. The molecule has 0 spiro atoms. The lowest BCUT2D eigenvalue weighted by Gasteiger charge is -2.41. The van der Waals surface area contributed by atoms with Crippen LogP contribution in [0, 0.1) is 17.8 Å². The molecule has 1 fully saturated rings. The van der Waals surface area contributed by atoms with E-state index in [1.807, 2.05) is 7.05 Å². The van der Waals surface area contributed by atoms with E-state index in [0.29, 0.717) is 18.4 Å². The monoisotopic (exact) mass is 257 g/mol. The summed E-state index contributed by atoms with van der Waals surface area (Å²) in [4.78, 5) is 0. The van der Waals surface area contributed by atoms with Crippen LogP contribution in [0.2, 0.25) is 0 Å². The van der Waals surface area contributed by atoms with Gasteiger partial charge in [-0.05, 0) is 18.9 Å². The second-order valence-corrected chi connectivity index (χ2v) is 5.81. The third kappa shape index (κ3) is 3.94. The van der Waals surface area contributed by atoms with Crippen LogP contribution in [0.15, 0.2) is 0 Å². The van der Waals surface area contributed by atoms with Crippen LogP contribution in [0.4, 0.5) is 0 Å². The largest absolute Gasteiger partial charge is 0.391 e. The van der Waals surface area contributed by atoms with Crippen LogP contribution in [-0.2, 0) is 4.74 Å². The zero-order chi connectivity index (χ0) is 13.5. The molecule has 0 aromatic rings. The van der Waals surface area contributed by atoms with Gasteiger partial charge in [-0.2, -0.15) is 0 Å². The summed E-state index contributed by atoms with van der Waals surface area (Å²) in [6.07, 6.45) is 4.59. The van der Waals surface area contributed by atoms with Gasteiger partial charge < -0.3 is 15.2 Å². The highest BCUT2D eigenvalue weighted by Gasteiger charge is 2.38. The molecule has 0 aromatic carbocycles. The molecule has 5 atom stereocenters. The first-order valence-electron chi connectivity index (χ1n) is 7.58. The minimum absolute atomic E-state index is 0.0944. The number of ether oxygens (including phenoxy) is 1. The van der Waals surface area contributed by atoms with Crippen LogP contribution < -0.4 is 5.32 Å². The van der Waals surface area contributed by atoms with Gasteiger partial charge in [0.05, 0.1) is 25.4 Å². The van der Waals surface area contributed by atoms with Crippen LogP contribution in [0.1, 0.15) is 46.5 Å². The quantitative estimate of drug-likeness (QED) is 0.736. The van der Waals surface area contributed by atoms with Crippen molar-refractivity contribution in [2.24, 2.45) is 17.8 Å². The molecule has 0 saturated carbocycles. The molecule has 0 bridgehead atoms. The fraction of sp³-hybridized carbons (Fsp3) is 1.00. The fourth-order valence-corrected chi connectivity index (χ4v) is 3.38. The fourth-order valence-electron chi connectivity index (χ4n) is 3.38. The molecule has 1 saturated heterocycles. The molecule has 1 rings (SSSR count). The van der Waals surface area contributed by atoms with Crippen molar-refractivity contribution in [1.29, 1.82) is 0 Å². The number of hydrogen-bond acceptors (Lipinski definition) is 3. The molecule has 2 unspecified atom stereocenters. The van der Waals surface area contributed by atoms with Crippen molar-refractivity contribution in [2.45, 2.75) is 58.6 Å². The maximum absolute atomic E-state index is 10.5. The molecular weight excluding hydrogens is 226 g/mol. The first-order valence-corrected chi connectivity index (χ1v) is 7.58. The smallest absolute Gasteiger partial charge is 0.0768 e. The molecule has 1 aliphatic rings. The van der Waals surface area contributed by atoms with Gasteiger partial charge in [-0.3, -0.25) is 0 Å². The third-order valence-electron chi connectivity index (χ3n) is 4.48. The Kier molecular flexibility index (Phi) is 7.20. The van der Waals surface area contributed by atoms with Gasteiger partial charge in [-0.15, -0.1) is 0 Å². The lowest BCUT2D eigenvalue weighted by Crippen LogP contribution is -2.53. The molecule has 0 amide bonds. The Hall–Kier alpha value is -0.120. The Balaban J connectivity index is 2.70. The van der Waals surface area contributed by atoms with Gasteiger partial charge in [0.25, 0.3) is 0 Å². The second kappa shape index (κ2) is 8.13. The standard InChI is InChI=1S/C15H31NO2/c1-5-7-11(3)12(8-6-2)13-9-18-10-14(16-4)15(13)17/h11-17H,5-10H2,1-4H3/t11?,12-,13?,14-,15-/m1/s1. The van der Waals surface area contributed by atoms with Gasteiger partial charge in [0.1, 0.15) is 0 Å². The van der Waals surface area contributed by atoms with Crippen molar-refractivity contribution in [3.63, 3.8) is 0 Å². The van der Waals surface area contributed by atoms with E-state index in [1.165, 1.54) is 25.7 Å². The van der Waals surface area contributed by atoms with Crippen LogP contribution in [0.3, 0.4) is 0 Å². The molecule has 0 aromatic heterocycles. The third-order valence-corrected chi connectivity index (χ3v) is 4.48. The van der Waals surface area contributed by atoms with E-state index in [0.717, 1.165) is 6.61 Å². The normalized spacial score (nSPS) is 32.2. The van der Waals surface area contributed by atoms with E-state index >= 15 is 0 Å². The summed E-state index contributed by atoms with van der Waals surface area (Å²) < 4.78 is 5.69. The number of aliphatic hydroxyl groups excluding tert-OH is 1. The molecule has 1 heterocycles. The maximum Gasteiger partial charge on any atom is 0.0768 e. The van der Waals surface area contributed by atoms with E-state index in [4.69, 9.17) is 4.74 Å². The molecule has 0 aliphatic carbocycles. The number of likely N-dealkylation sites (N-methyl/N-ethyl adjacent to an activating group) is 1. The van der Waals surface area contributed by atoms with Crippen LogP contribution in [0.25, 0.3) is 0 Å². The van der Waals surface area contributed by atoms with Crippen molar-refractivity contribution in [3.05, 3.63) is 0 Å². The molecule has 3 nitrogen and oxygen atoms in total. The van der Waals surface area contributed by atoms with Crippen molar-refractivity contribution >= 4 is 0 Å². The molecule has 2 N–H and O–H groups in total. The zero-order valence-corrected chi connectivity index (χ0v) is 12.5. The summed E-state index contributed by atoms with van der Waals surface area (Å²) >= 11 is 0. The number of nitrogens with one attached hydrogen (secondary N) is 1. The summed E-state index contributed by atoms with van der Waals surface area (Å²) in [5.74, 6) is 1.55. The molecule has 0 radical (unpaired) electrons. The first kappa shape index (κ1) is 15.9. The van der Waals surface area contributed by atoms with Crippen molar-refractivity contribution in [1.82, 2.24) is 5.32 Å². The molecule has 1 aliphatic heterocycles. The Morgan fingerprint density at radius 1 is 1.22 bits per heavy atom. The van der Waals surface area contributed by atoms with Crippen molar-refractivity contribution in [2.75, 3.05) is 20.3 Å². The topological polar surface area (TPSA) is 41.5 Å². The molecule has 18 heavy (non-hydrogen) atoms.